The van der Waals surface area contributed by atoms with Crippen LogP contribution in [-0.2, 0) is 12.4 Å². The Bertz CT molecular complexity index is 637. The predicted molar refractivity (Wildman–Crippen MR) is 84.7 cm³/mol. The van der Waals surface area contributed by atoms with Gasteiger partial charge in [0.2, 0.25) is 0 Å². The molecule has 0 saturated carbocycles. The maximum absolute atomic E-state index is 13.6. The fourth-order valence-corrected chi connectivity index (χ4v) is 2.51. The van der Waals surface area contributed by atoms with E-state index in [1.54, 1.807) is 6.07 Å². The van der Waals surface area contributed by atoms with Crippen LogP contribution in [0.3, 0.4) is 0 Å². The molecule has 0 unspecified atom stereocenters. The molecule has 0 aliphatic carbocycles. The molecule has 0 fully saturated rings. The van der Waals surface area contributed by atoms with E-state index < -0.39 is 0 Å². The maximum atomic E-state index is 13.6. The van der Waals surface area contributed by atoms with Crippen molar-refractivity contribution in [1.29, 1.82) is 0 Å². The van der Waals surface area contributed by atoms with Crippen molar-refractivity contribution in [3.8, 4) is 0 Å². The third-order valence-corrected chi connectivity index (χ3v) is 4.59. The van der Waals surface area contributed by atoms with Crippen LogP contribution in [-0.4, -0.2) is 34.1 Å². The van der Waals surface area contributed by atoms with Gasteiger partial charge in [-0.15, -0.1) is 11.6 Å². The molecule has 0 aliphatic rings. The van der Waals surface area contributed by atoms with E-state index in [1.807, 2.05) is 14.1 Å². The number of likely N-dealkylation sites (N-methyl/N-ethyl adjacent to an activating group) is 1. The minimum Gasteiger partial charge on any atom is -0.325 e. The first-order chi connectivity index (χ1) is 9.26. The second-order valence-electron chi connectivity index (χ2n) is 5.71. The number of aromatic nitrogens is 2. The van der Waals surface area contributed by atoms with Crippen LogP contribution >= 0.6 is 27.5 Å². The van der Waals surface area contributed by atoms with E-state index in [-0.39, 0.29) is 11.4 Å². The van der Waals surface area contributed by atoms with Gasteiger partial charge in [-0.3, -0.25) is 0 Å². The van der Waals surface area contributed by atoms with Gasteiger partial charge < -0.3 is 9.47 Å². The maximum Gasteiger partial charge on any atom is 0.139 e. The molecule has 20 heavy (non-hydrogen) atoms. The van der Waals surface area contributed by atoms with E-state index in [4.69, 9.17) is 11.6 Å². The van der Waals surface area contributed by atoms with Crippen molar-refractivity contribution in [3.05, 3.63) is 28.2 Å². The van der Waals surface area contributed by atoms with Gasteiger partial charge in [0, 0.05) is 18.2 Å². The lowest BCUT2D eigenvalue weighted by molar-refractivity contribution is 0.170. The van der Waals surface area contributed by atoms with Crippen LogP contribution in [0.1, 0.15) is 19.7 Å². The molecule has 0 atom stereocenters. The summed E-state index contributed by atoms with van der Waals surface area (Å²) in [6, 6.07) is 3.20. The Morgan fingerprint density at radius 1 is 1.40 bits per heavy atom. The van der Waals surface area contributed by atoms with E-state index in [2.05, 4.69) is 44.2 Å². The molecule has 0 amide bonds. The topological polar surface area (TPSA) is 21.1 Å². The number of rotatable bonds is 4. The van der Waals surface area contributed by atoms with Crippen molar-refractivity contribution >= 4 is 38.6 Å². The molecule has 2 aromatic rings. The molecule has 0 spiro atoms. The van der Waals surface area contributed by atoms with Crippen molar-refractivity contribution in [2.45, 2.75) is 31.8 Å². The van der Waals surface area contributed by atoms with Gasteiger partial charge in [0.05, 0.1) is 21.4 Å². The normalized spacial score (nSPS) is 12.6. The molecule has 110 valence electrons. The Morgan fingerprint density at radius 2 is 2.05 bits per heavy atom. The fraction of sp³-hybridized carbons (Fsp3) is 0.500. The van der Waals surface area contributed by atoms with Crippen LogP contribution in [0.15, 0.2) is 16.6 Å². The molecule has 1 heterocycles. The summed E-state index contributed by atoms with van der Waals surface area (Å²) in [5, 5.41) is 0. The van der Waals surface area contributed by atoms with Gasteiger partial charge in [0.25, 0.3) is 0 Å². The Labute approximate surface area is 131 Å². The quantitative estimate of drug-likeness (QED) is 0.766. The molecular weight excluding hydrogens is 345 g/mol. The van der Waals surface area contributed by atoms with Crippen molar-refractivity contribution in [2.75, 3.05) is 14.1 Å². The second-order valence-corrected chi connectivity index (χ2v) is 6.83. The van der Waals surface area contributed by atoms with Gasteiger partial charge in [-0.2, -0.15) is 0 Å². The number of benzene rings is 1. The highest BCUT2D eigenvalue weighted by atomic mass is 79.9. The number of hydrogen-bond donors (Lipinski definition) is 0. The molecule has 0 N–H and O–H groups in total. The standard InChI is InChI=1S/C14H18BrClFN3/c1-14(2,19(3)4)8-20-12-5-9(15)10(17)6-11(12)18-13(20)7-16/h5-6H,7-8H2,1-4H3. The van der Waals surface area contributed by atoms with Crippen LogP contribution < -0.4 is 0 Å². The molecule has 0 bridgehead atoms. The predicted octanol–water partition coefficient (Wildman–Crippen LogP) is 4.02. The van der Waals surface area contributed by atoms with Crippen LogP contribution in [0.5, 0.6) is 0 Å². The van der Waals surface area contributed by atoms with Gasteiger partial charge in [-0.1, -0.05) is 0 Å². The Kier molecular flexibility index (Phi) is 4.42. The van der Waals surface area contributed by atoms with Crippen molar-refractivity contribution in [2.24, 2.45) is 0 Å². The molecule has 2 rings (SSSR count). The van der Waals surface area contributed by atoms with Crippen molar-refractivity contribution in [3.63, 3.8) is 0 Å². The van der Waals surface area contributed by atoms with Crippen LogP contribution in [0.4, 0.5) is 4.39 Å². The Hall–Kier alpha value is -0.650. The molecule has 0 aliphatic heterocycles. The first kappa shape index (κ1) is 15.7. The van der Waals surface area contributed by atoms with Gasteiger partial charge >= 0.3 is 0 Å². The van der Waals surface area contributed by atoms with E-state index in [1.165, 1.54) is 6.07 Å². The minimum absolute atomic E-state index is 0.0602. The minimum atomic E-state index is -0.310. The first-order valence-corrected chi connectivity index (χ1v) is 7.66. The highest BCUT2D eigenvalue weighted by Gasteiger charge is 2.24. The summed E-state index contributed by atoms with van der Waals surface area (Å²) in [5.41, 5.74) is 1.47. The zero-order chi connectivity index (χ0) is 15.1. The fourth-order valence-electron chi connectivity index (χ4n) is 1.98. The largest absolute Gasteiger partial charge is 0.325 e. The number of imidazole rings is 1. The summed E-state index contributed by atoms with van der Waals surface area (Å²) in [7, 11) is 4.07. The highest BCUT2D eigenvalue weighted by Crippen LogP contribution is 2.27. The zero-order valence-corrected chi connectivity index (χ0v) is 14.4. The monoisotopic (exact) mass is 361 g/mol. The highest BCUT2D eigenvalue weighted by molar-refractivity contribution is 9.10. The van der Waals surface area contributed by atoms with E-state index >= 15 is 0 Å². The van der Waals surface area contributed by atoms with Crippen molar-refractivity contribution in [1.82, 2.24) is 14.5 Å². The van der Waals surface area contributed by atoms with E-state index in [9.17, 15) is 4.39 Å². The summed E-state index contributed by atoms with van der Waals surface area (Å²) < 4.78 is 16.1. The SMILES string of the molecule is CN(C)C(C)(C)Cn1c(CCl)nc2cc(F)c(Br)cc21. The molecule has 0 saturated heterocycles. The van der Waals surface area contributed by atoms with Crippen LogP contribution in [0.2, 0.25) is 0 Å². The summed E-state index contributed by atoms with van der Waals surface area (Å²) in [6.07, 6.45) is 0. The third kappa shape index (κ3) is 2.85. The Balaban J connectivity index is 2.59. The second kappa shape index (κ2) is 5.62. The van der Waals surface area contributed by atoms with Gasteiger partial charge in [-0.25, -0.2) is 9.37 Å². The van der Waals surface area contributed by atoms with Gasteiger partial charge in [0.15, 0.2) is 0 Å². The van der Waals surface area contributed by atoms with Crippen LogP contribution in [0, 0.1) is 5.82 Å². The summed E-state index contributed by atoms with van der Waals surface area (Å²) >= 11 is 9.22. The summed E-state index contributed by atoms with van der Waals surface area (Å²) in [5.74, 6) is 0.751. The van der Waals surface area contributed by atoms with Crippen molar-refractivity contribution < 1.29 is 4.39 Å². The number of halogens is 3. The average Bonchev–Trinajstić information content (AvgIpc) is 2.67. The smallest absolute Gasteiger partial charge is 0.139 e. The Morgan fingerprint density at radius 3 is 2.60 bits per heavy atom. The average molecular weight is 363 g/mol. The lowest BCUT2D eigenvalue weighted by Gasteiger charge is -2.33. The number of fused-ring (bicyclic) bond motifs is 1. The molecular formula is C14H18BrClFN3. The van der Waals surface area contributed by atoms with E-state index in [0.717, 1.165) is 17.9 Å². The number of alkyl halides is 1. The zero-order valence-electron chi connectivity index (χ0n) is 12.0. The van der Waals surface area contributed by atoms with Gasteiger partial charge in [-0.05, 0) is 49.9 Å². The lowest BCUT2D eigenvalue weighted by Crippen LogP contribution is -2.42. The third-order valence-electron chi connectivity index (χ3n) is 3.74. The van der Waals surface area contributed by atoms with Crippen LogP contribution in [0.25, 0.3) is 11.0 Å². The summed E-state index contributed by atoms with van der Waals surface area (Å²) in [6.45, 7) is 5.03. The summed E-state index contributed by atoms with van der Waals surface area (Å²) in [4.78, 5) is 6.58. The number of hydrogen-bond acceptors (Lipinski definition) is 2. The van der Waals surface area contributed by atoms with E-state index in [0.29, 0.717) is 15.9 Å². The van der Waals surface area contributed by atoms with Gasteiger partial charge in [0.1, 0.15) is 11.6 Å². The molecule has 6 heteroatoms. The molecule has 1 aromatic carbocycles. The molecule has 3 nitrogen and oxygen atoms in total. The molecule has 1 aromatic heterocycles. The lowest BCUT2D eigenvalue weighted by atomic mass is 10.0. The first-order valence-electron chi connectivity index (χ1n) is 6.34. The number of nitrogens with zero attached hydrogens (tertiary/aromatic N) is 3. The molecule has 0 radical (unpaired) electrons.